The molecule has 1 aliphatic carbocycles. The molecular formula is C12H14N2S. The summed E-state index contributed by atoms with van der Waals surface area (Å²) in [4.78, 5) is 4.34. The Morgan fingerprint density at radius 1 is 1.40 bits per heavy atom. The van der Waals surface area contributed by atoms with E-state index in [4.69, 9.17) is 5.73 Å². The van der Waals surface area contributed by atoms with Crippen molar-refractivity contribution in [1.29, 1.82) is 0 Å². The zero-order chi connectivity index (χ0) is 10.4. The molecule has 2 N–H and O–H groups in total. The van der Waals surface area contributed by atoms with Gasteiger partial charge in [0.1, 0.15) is 0 Å². The van der Waals surface area contributed by atoms with E-state index in [0.717, 1.165) is 11.4 Å². The van der Waals surface area contributed by atoms with Crippen molar-refractivity contribution in [2.45, 2.75) is 26.2 Å². The van der Waals surface area contributed by atoms with Crippen molar-refractivity contribution < 1.29 is 0 Å². The van der Waals surface area contributed by atoms with Gasteiger partial charge in [0, 0.05) is 0 Å². The lowest BCUT2D eigenvalue weighted by Crippen LogP contribution is -1.95. The molecule has 1 heterocycles. The molecule has 78 valence electrons. The first kappa shape index (κ1) is 9.16. The van der Waals surface area contributed by atoms with Crippen LogP contribution in [0.15, 0.2) is 12.1 Å². The number of aromatic nitrogens is 1. The predicted molar refractivity (Wildman–Crippen MR) is 65.2 cm³/mol. The number of nitrogens with zero attached hydrogens (tertiary/aromatic N) is 1. The van der Waals surface area contributed by atoms with Crippen LogP contribution in [-0.2, 0) is 12.8 Å². The molecule has 0 bridgehead atoms. The molecule has 0 radical (unpaired) electrons. The van der Waals surface area contributed by atoms with E-state index < -0.39 is 0 Å². The highest BCUT2D eigenvalue weighted by atomic mass is 32.1. The second-order valence-corrected chi connectivity index (χ2v) is 5.39. The number of anilines is 1. The van der Waals surface area contributed by atoms with Gasteiger partial charge in [-0.15, -0.1) is 0 Å². The highest BCUT2D eigenvalue weighted by Crippen LogP contribution is 2.34. The van der Waals surface area contributed by atoms with E-state index in [2.05, 4.69) is 24.0 Å². The van der Waals surface area contributed by atoms with Gasteiger partial charge in [0.2, 0.25) is 0 Å². The summed E-state index contributed by atoms with van der Waals surface area (Å²) in [6, 6.07) is 4.52. The van der Waals surface area contributed by atoms with Gasteiger partial charge in [0.05, 0.1) is 10.2 Å². The number of rotatable bonds is 1. The quantitative estimate of drug-likeness (QED) is 0.799. The fraction of sp³-hybridized carbons (Fsp3) is 0.417. The van der Waals surface area contributed by atoms with E-state index in [1.54, 1.807) is 11.3 Å². The molecule has 0 aliphatic heterocycles. The largest absolute Gasteiger partial charge is 0.375 e. The van der Waals surface area contributed by atoms with Crippen molar-refractivity contribution in [3.8, 4) is 0 Å². The first-order chi connectivity index (χ1) is 7.26. The van der Waals surface area contributed by atoms with Crippen LogP contribution in [-0.4, -0.2) is 4.98 Å². The predicted octanol–water partition coefficient (Wildman–Crippen LogP) is 3.00. The molecule has 1 unspecified atom stereocenters. The maximum atomic E-state index is 5.71. The van der Waals surface area contributed by atoms with Crippen molar-refractivity contribution in [2.24, 2.45) is 5.92 Å². The van der Waals surface area contributed by atoms with Gasteiger partial charge in [-0.1, -0.05) is 24.7 Å². The molecular weight excluding hydrogens is 204 g/mol. The summed E-state index contributed by atoms with van der Waals surface area (Å²) in [5.41, 5.74) is 9.79. The van der Waals surface area contributed by atoms with Crippen LogP contribution in [0, 0.1) is 5.92 Å². The van der Waals surface area contributed by atoms with E-state index in [0.29, 0.717) is 5.13 Å². The van der Waals surface area contributed by atoms with E-state index in [9.17, 15) is 0 Å². The second kappa shape index (κ2) is 3.20. The minimum Gasteiger partial charge on any atom is -0.375 e. The number of hydrogen-bond donors (Lipinski definition) is 1. The van der Waals surface area contributed by atoms with Crippen molar-refractivity contribution in [3.63, 3.8) is 0 Å². The third-order valence-electron chi connectivity index (χ3n) is 3.32. The summed E-state index contributed by atoms with van der Waals surface area (Å²) in [5.74, 6) is 0.842. The number of hydrogen-bond acceptors (Lipinski definition) is 3. The molecule has 15 heavy (non-hydrogen) atoms. The van der Waals surface area contributed by atoms with Crippen molar-refractivity contribution in [2.75, 3.05) is 5.73 Å². The highest BCUT2D eigenvalue weighted by molar-refractivity contribution is 7.22. The van der Waals surface area contributed by atoms with Crippen LogP contribution in [0.2, 0.25) is 0 Å². The molecule has 1 aliphatic rings. The third kappa shape index (κ3) is 1.42. The van der Waals surface area contributed by atoms with Crippen LogP contribution in [0.1, 0.15) is 24.5 Å². The lowest BCUT2D eigenvalue weighted by molar-refractivity contribution is 0.543. The van der Waals surface area contributed by atoms with Gasteiger partial charge >= 0.3 is 0 Å². The van der Waals surface area contributed by atoms with E-state index in [1.807, 2.05) is 0 Å². The average molecular weight is 218 g/mol. The molecule has 0 amide bonds. The van der Waals surface area contributed by atoms with Gasteiger partial charge in [-0.25, -0.2) is 4.98 Å². The second-order valence-electron chi connectivity index (χ2n) is 4.32. The zero-order valence-corrected chi connectivity index (χ0v) is 9.60. The fourth-order valence-corrected chi connectivity index (χ4v) is 3.22. The number of nitrogen functional groups attached to an aromatic ring is 1. The average Bonchev–Trinajstić information content (AvgIpc) is 2.74. The van der Waals surface area contributed by atoms with Gasteiger partial charge in [-0.2, -0.15) is 0 Å². The maximum absolute atomic E-state index is 5.71. The zero-order valence-electron chi connectivity index (χ0n) is 8.79. The van der Waals surface area contributed by atoms with Crippen LogP contribution in [0.4, 0.5) is 5.13 Å². The molecule has 2 aromatic rings. The molecule has 1 aromatic carbocycles. The Labute approximate surface area is 93.1 Å². The first-order valence-electron chi connectivity index (χ1n) is 5.44. The Morgan fingerprint density at radius 3 is 2.87 bits per heavy atom. The minimum atomic E-state index is 0.681. The van der Waals surface area contributed by atoms with Crippen molar-refractivity contribution in [3.05, 3.63) is 23.3 Å². The molecule has 0 saturated heterocycles. The molecule has 0 spiro atoms. The third-order valence-corrected chi connectivity index (χ3v) is 4.17. The smallest absolute Gasteiger partial charge is 0.181 e. The van der Waals surface area contributed by atoms with Gasteiger partial charge in [0.15, 0.2) is 5.13 Å². The van der Waals surface area contributed by atoms with Gasteiger partial charge in [0.25, 0.3) is 0 Å². The van der Waals surface area contributed by atoms with E-state index in [-0.39, 0.29) is 0 Å². The van der Waals surface area contributed by atoms with Crippen molar-refractivity contribution in [1.82, 2.24) is 4.98 Å². The monoisotopic (exact) mass is 218 g/mol. The van der Waals surface area contributed by atoms with E-state index in [1.165, 1.54) is 35.1 Å². The highest BCUT2D eigenvalue weighted by Gasteiger charge is 2.21. The summed E-state index contributed by atoms with van der Waals surface area (Å²) < 4.78 is 1.24. The summed E-state index contributed by atoms with van der Waals surface area (Å²) in [7, 11) is 0. The number of nitrogens with two attached hydrogens (primary N) is 1. The normalized spacial score (nSPS) is 19.7. The standard InChI is InChI=1S/C12H14N2S/c1-2-7-3-8-5-10-11(6-9(8)4-7)15-12(13)14-10/h5-7H,2-4H2,1H3,(H2,13,14). The Kier molecular flexibility index (Phi) is 1.96. The molecule has 2 nitrogen and oxygen atoms in total. The van der Waals surface area contributed by atoms with Gasteiger partial charge in [-0.3, -0.25) is 0 Å². The lowest BCUT2D eigenvalue weighted by atomic mass is 10.0. The van der Waals surface area contributed by atoms with Crippen molar-refractivity contribution >= 4 is 26.7 Å². The van der Waals surface area contributed by atoms with E-state index >= 15 is 0 Å². The first-order valence-corrected chi connectivity index (χ1v) is 6.25. The number of fused-ring (bicyclic) bond motifs is 2. The lowest BCUT2D eigenvalue weighted by Gasteiger charge is -2.01. The topological polar surface area (TPSA) is 38.9 Å². The molecule has 1 atom stereocenters. The van der Waals surface area contributed by atoms with Crippen LogP contribution in [0.25, 0.3) is 10.2 Å². The van der Waals surface area contributed by atoms with Crippen LogP contribution in [0.5, 0.6) is 0 Å². The minimum absolute atomic E-state index is 0.681. The fourth-order valence-electron chi connectivity index (χ4n) is 2.44. The Hall–Kier alpha value is -1.09. The number of thiazole rings is 1. The van der Waals surface area contributed by atoms with Gasteiger partial charge in [-0.05, 0) is 42.0 Å². The molecule has 3 heteroatoms. The number of benzene rings is 1. The molecule has 3 rings (SSSR count). The molecule has 1 aromatic heterocycles. The maximum Gasteiger partial charge on any atom is 0.181 e. The summed E-state index contributed by atoms with van der Waals surface area (Å²) in [6.07, 6.45) is 3.73. The van der Waals surface area contributed by atoms with Gasteiger partial charge < -0.3 is 5.73 Å². The van der Waals surface area contributed by atoms with Crippen LogP contribution >= 0.6 is 11.3 Å². The van der Waals surface area contributed by atoms with Crippen LogP contribution in [0.3, 0.4) is 0 Å². The Morgan fingerprint density at radius 2 is 2.13 bits per heavy atom. The molecule has 0 saturated carbocycles. The SMILES string of the molecule is CCC1Cc2cc3nc(N)sc3cc2C1. The Balaban J connectivity index is 2.12. The molecule has 0 fully saturated rings. The van der Waals surface area contributed by atoms with Crippen LogP contribution < -0.4 is 5.73 Å². The Bertz CT molecular complexity index is 473. The summed E-state index contributed by atoms with van der Waals surface area (Å²) in [5, 5.41) is 0.681. The summed E-state index contributed by atoms with van der Waals surface area (Å²) >= 11 is 1.59. The summed E-state index contributed by atoms with van der Waals surface area (Å²) in [6.45, 7) is 2.27.